The quantitative estimate of drug-likeness (QED) is 0.765. The van der Waals surface area contributed by atoms with Crippen LogP contribution < -0.4 is 4.72 Å². The SMILES string of the molecule is N#Cc1ccc(COC(=O)c2ccc(Cl)c(S(=O)(=O)NC3CC3)c2)cc1. The van der Waals surface area contributed by atoms with Gasteiger partial charge in [-0.25, -0.2) is 17.9 Å². The number of nitriles is 1. The predicted molar refractivity (Wildman–Crippen MR) is 95.1 cm³/mol. The van der Waals surface area contributed by atoms with E-state index in [1.807, 2.05) is 6.07 Å². The topological polar surface area (TPSA) is 96.3 Å². The molecule has 0 radical (unpaired) electrons. The van der Waals surface area contributed by atoms with Gasteiger partial charge in [0.05, 0.1) is 22.2 Å². The first-order valence-corrected chi connectivity index (χ1v) is 9.73. The molecule has 0 unspecified atom stereocenters. The van der Waals surface area contributed by atoms with Gasteiger partial charge in [-0.05, 0) is 48.7 Å². The van der Waals surface area contributed by atoms with E-state index in [9.17, 15) is 13.2 Å². The molecule has 0 atom stereocenters. The van der Waals surface area contributed by atoms with Gasteiger partial charge in [-0.2, -0.15) is 5.26 Å². The zero-order chi connectivity index (χ0) is 18.7. The van der Waals surface area contributed by atoms with Crippen molar-refractivity contribution < 1.29 is 17.9 Å². The Balaban J connectivity index is 1.72. The summed E-state index contributed by atoms with van der Waals surface area (Å²) in [6, 6.07) is 12.6. The highest BCUT2D eigenvalue weighted by molar-refractivity contribution is 7.89. The van der Waals surface area contributed by atoms with Crippen molar-refractivity contribution in [3.63, 3.8) is 0 Å². The highest BCUT2D eigenvalue weighted by Gasteiger charge is 2.29. The molecule has 1 aliphatic carbocycles. The largest absolute Gasteiger partial charge is 0.457 e. The number of halogens is 1. The summed E-state index contributed by atoms with van der Waals surface area (Å²) in [6.45, 7) is 0.00950. The van der Waals surface area contributed by atoms with Crippen molar-refractivity contribution >= 4 is 27.6 Å². The number of esters is 1. The minimum Gasteiger partial charge on any atom is -0.457 e. The summed E-state index contributed by atoms with van der Waals surface area (Å²) >= 11 is 5.99. The lowest BCUT2D eigenvalue weighted by atomic mass is 10.1. The van der Waals surface area contributed by atoms with Gasteiger partial charge in [0.15, 0.2) is 0 Å². The zero-order valence-electron chi connectivity index (χ0n) is 13.6. The van der Waals surface area contributed by atoms with Gasteiger partial charge in [-0.1, -0.05) is 23.7 Å². The summed E-state index contributed by atoms with van der Waals surface area (Å²) < 4.78 is 32.4. The highest BCUT2D eigenvalue weighted by Crippen LogP contribution is 2.27. The average Bonchev–Trinajstić information content (AvgIpc) is 3.43. The van der Waals surface area contributed by atoms with E-state index >= 15 is 0 Å². The van der Waals surface area contributed by atoms with Gasteiger partial charge in [0, 0.05) is 6.04 Å². The lowest BCUT2D eigenvalue weighted by Crippen LogP contribution is -2.26. The van der Waals surface area contributed by atoms with E-state index in [1.165, 1.54) is 18.2 Å². The number of hydrogen-bond donors (Lipinski definition) is 1. The van der Waals surface area contributed by atoms with Gasteiger partial charge < -0.3 is 4.74 Å². The summed E-state index contributed by atoms with van der Waals surface area (Å²) in [5.74, 6) is -0.658. The fourth-order valence-corrected chi connectivity index (χ4v) is 4.06. The average molecular weight is 391 g/mol. The Morgan fingerprint density at radius 2 is 1.92 bits per heavy atom. The van der Waals surface area contributed by atoms with E-state index in [-0.39, 0.29) is 28.1 Å². The molecule has 0 aliphatic heterocycles. The maximum atomic E-state index is 12.3. The van der Waals surface area contributed by atoms with E-state index in [2.05, 4.69) is 4.72 Å². The van der Waals surface area contributed by atoms with Gasteiger partial charge in [0.2, 0.25) is 10.0 Å². The Bertz CT molecular complexity index is 977. The van der Waals surface area contributed by atoms with Crippen molar-refractivity contribution in [2.45, 2.75) is 30.4 Å². The number of rotatable bonds is 6. The Morgan fingerprint density at radius 1 is 1.23 bits per heavy atom. The van der Waals surface area contributed by atoms with Crippen molar-refractivity contribution in [3.8, 4) is 6.07 Å². The van der Waals surface area contributed by atoms with Crippen LogP contribution in [-0.2, 0) is 21.4 Å². The van der Waals surface area contributed by atoms with Gasteiger partial charge in [0.1, 0.15) is 11.5 Å². The second-order valence-electron chi connectivity index (χ2n) is 5.93. The third-order valence-electron chi connectivity index (χ3n) is 3.81. The molecule has 0 bridgehead atoms. The molecule has 2 aromatic rings. The molecular formula is C18H15ClN2O4S. The van der Waals surface area contributed by atoms with E-state index in [0.29, 0.717) is 5.56 Å². The van der Waals surface area contributed by atoms with Gasteiger partial charge in [0.25, 0.3) is 0 Å². The molecule has 6 nitrogen and oxygen atoms in total. The minimum atomic E-state index is -3.78. The summed E-state index contributed by atoms with van der Waals surface area (Å²) in [5, 5.41) is 8.81. The van der Waals surface area contributed by atoms with E-state index in [0.717, 1.165) is 18.4 Å². The molecule has 0 amide bonds. The molecule has 0 saturated heterocycles. The summed E-state index contributed by atoms with van der Waals surface area (Å²) in [6.07, 6.45) is 1.59. The van der Waals surface area contributed by atoms with Gasteiger partial charge >= 0.3 is 5.97 Å². The van der Waals surface area contributed by atoms with Crippen LogP contribution in [0.2, 0.25) is 5.02 Å². The van der Waals surface area contributed by atoms with Crippen LogP contribution in [0.3, 0.4) is 0 Å². The summed E-state index contributed by atoms with van der Waals surface area (Å²) in [5.41, 5.74) is 1.32. The first-order valence-electron chi connectivity index (χ1n) is 7.87. The molecule has 2 aromatic carbocycles. The maximum Gasteiger partial charge on any atom is 0.338 e. The predicted octanol–water partition coefficient (Wildman–Crippen LogP) is 3.01. The second kappa shape index (κ2) is 7.46. The Kier molecular flexibility index (Phi) is 5.28. The monoisotopic (exact) mass is 390 g/mol. The molecular weight excluding hydrogens is 376 g/mol. The van der Waals surface area contributed by atoms with Crippen LogP contribution >= 0.6 is 11.6 Å². The molecule has 134 valence electrons. The van der Waals surface area contributed by atoms with Crippen LogP contribution in [0, 0.1) is 11.3 Å². The summed E-state index contributed by atoms with van der Waals surface area (Å²) in [7, 11) is -3.78. The first kappa shape index (κ1) is 18.4. The molecule has 0 heterocycles. The van der Waals surface area contributed by atoms with Crippen LogP contribution in [0.4, 0.5) is 0 Å². The first-order chi connectivity index (χ1) is 12.4. The molecule has 0 spiro atoms. The van der Waals surface area contributed by atoms with Crippen LogP contribution in [0.5, 0.6) is 0 Å². The fraction of sp³-hybridized carbons (Fsp3) is 0.222. The van der Waals surface area contributed by atoms with Crippen molar-refractivity contribution in [2.24, 2.45) is 0 Å². The van der Waals surface area contributed by atoms with Crippen molar-refractivity contribution in [1.29, 1.82) is 5.26 Å². The maximum absolute atomic E-state index is 12.3. The lowest BCUT2D eigenvalue weighted by Gasteiger charge is -2.10. The number of carbonyl (C=O) groups is 1. The standard InChI is InChI=1S/C18H15ClN2O4S/c19-16-8-5-14(9-17(16)26(23,24)21-15-6-7-15)18(22)25-11-13-3-1-12(10-20)2-4-13/h1-5,8-9,15,21H,6-7,11H2. The molecule has 1 N–H and O–H groups in total. The van der Waals surface area contributed by atoms with Crippen LogP contribution in [0.1, 0.15) is 34.3 Å². The van der Waals surface area contributed by atoms with Gasteiger partial charge in [-0.15, -0.1) is 0 Å². The number of nitrogens with one attached hydrogen (secondary N) is 1. The highest BCUT2D eigenvalue weighted by atomic mass is 35.5. The molecule has 0 aromatic heterocycles. The Morgan fingerprint density at radius 3 is 2.54 bits per heavy atom. The van der Waals surface area contributed by atoms with E-state index < -0.39 is 16.0 Å². The number of sulfonamides is 1. The van der Waals surface area contributed by atoms with Crippen molar-refractivity contribution in [1.82, 2.24) is 4.72 Å². The van der Waals surface area contributed by atoms with E-state index in [4.69, 9.17) is 21.6 Å². The van der Waals surface area contributed by atoms with E-state index in [1.54, 1.807) is 24.3 Å². The van der Waals surface area contributed by atoms with Crippen LogP contribution in [-0.4, -0.2) is 20.4 Å². The molecule has 1 saturated carbocycles. The number of hydrogen-bond acceptors (Lipinski definition) is 5. The molecule has 3 rings (SSSR count). The number of nitrogens with zero attached hydrogens (tertiary/aromatic N) is 1. The van der Waals surface area contributed by atoms with Crippen molar-refractivity contribution in [3.05, 3.63) is 64.2 Å². The van der Waals surface area contributed by atoms with Crippen LogP contribution in [0.15, 0.2) is 47.4 Å². The molecule has 8 heteroatoms. The lowest BCUT2D eigenvalue weighted by molar-refractivity contribution is 0.0472. The Hall–Kier alpha value is -2.40. The third kappa shape index (κ3) is 4.41. The second-order valence-corrected chi connectivity index (χ2v) is 8.02. The zero-order valence-corrected chi connectivity index (χ0v) is 15.2. The third-order valence-corrected chi connectivity index (χ3v) is 5.81. The van der Waals surface area contributed by atoms with Gasteiger partial charge in [-0.3, -0.25) is 0 Å². The summed E-state index contributed by atoms with van der Waals surface area (Å²) in [4.78, 5) is 12.1. The van der Waals surface area contributed by atoms with Crippen molar-refractivity contribution in [2.75, 3.05) is 0 Å². The molecule has 1 aliphatic rings. The minimum absolute atomic E-state index is 0.00950. The molecule has 1 fully saturated rings. The normalized spacial score (nSPS) is 13.8. The number of ether oxygens (including phenoxy) is 1. The Labute approximate surface area is 156 Å². The number of benzene rings is 2. The fourth-order valence-electron chi connectivity index (χ4n) is 2.23. The number of carbonyl (C=O) groups excluding carboxylic acids is 1. The molecule has 26 heavy (non-hydrogen) atoms. The van der Waals surface area contributed by atoms with Crippen LogP contribution in [0.25, 0.3) is 0 Å². The smallest absolute Gasteiger partial charge is 0.338 e.